The van der Waals surface area contributed by atoms with Crippen molar-refractivity contribution < 1.29 is 24.3 Å². The number of unbranched alkanes of at least 4 members (excludes halogenated alkanes) is 1. The minimum Gasteiger partial charge on any atom is -0.480 e. The molecule has 1 heterocycles. The van der Waals surface area contributed by atoms with E-state index in [9.17, 15) is 24.3 Å². The van der Waals surface area contributed by atoms with Crippen LogP contribution in [0.4, 0.5) is 0 Å². The van der Waals surface area contributed by atoms with Crippen molar-refractivity contribution in [2.75, 3.05) is 6.54 Å². The molecule has 12 nitrogen and oxygen atoms in total. The number of carboxylic acids is 1. The minimum absolute atomic E-state index is 0.165. The summed E-state index contributed by atoms with van der Waals surface area (Å²) in [6, 6.07) is 5.03. The van der Waals surface area contributed by atoms with E-state index in [0.717, 1.165) is 5.56 Å². The standard InChI is InChI=1S/C26H39N7O5/c1-16(2)22(25(36)31-20(26(37)38)10-6-7-11-27)33-24(35)21(12-17-8-4-3-5-9-17)32-23(34)19(28)13-18-14-29-15-30-18/h3-5,8-9,14-16,19-22H,6-7,10-13,27-28H2,1-2H3,(H,29,30)(H,31,36)(H,32,34)(H,33,35)(H,37,38). The van der Waals surface area contributed by atoms with Gasteiger partial charge in [0, 0.05) is 24.7 Å². The Kier molecular flexibility index (Phi) is 12.4. The van der Waals surface area contributed by atoms with Gasteiger partial charge in [0.2, 0.25) is 17.7 Å². The first kappa shape index (κ1) is 30.5. The van der Waals surface area contributed by atoms with Crippen LogP contribution >= 0.6 is 0 Å². The van der Waals surface area contributed by atoms with Crippen molar-refractivity contribution in [2.24, 2.45) is 17.4 Å². The number of aromatic nitrogens is 2. The zero-order valence-corrected chi connectivity index (χ0v) is 21.9. The fraction of sp³-hybridized carbons (Fsp3) is 0.500. The van der Waals surface area contributed by atoms with Crippen molar-refractivity contribution in [3.63, 3.8) is 0 Å². The zero-order valence-electron chi connectivity index (χ0n) is 21.9. The summed E-state index contributed by atoms with van der Waals surface area (Å²) in [5, 5.41) is 17.5. The van der Waals surface area contributed by atoms with E-state index in [-0.39, 0.29) is 25.2 Å². The molecule has 0 bridgehead atoms. The Morgan fingerprint density at radius 3 is 2.21 bits per heavy atom. The first-order valence-corrected chi connectivity index (χ1v) is 12.7. The van der Waals surface area contributed by atoms with E-state index in [1.54, 1.807) is 20.0 Å². The molecule has 1 aromatic carbocycles. The van der Waals surface area contributed by atoms with Crippen LogP contribution < -0.4 is 27.4 Å². The van der Waals surface area contributed by atoms with Crippen LogP contribution in [0.1, 0.15) is 44.4 Å². The third-order valence-corrected chi connectivity index (χ3v) is 6.06. The monoisotopic (exact) mass is 529 g/mol. The maximum Gasteiger partial charge on any atom is 0.326 e. The van der Waals surface area contributed by atoms with E-state index < -0.39 is 47.9 Å². The van der Waals surface area contributed by atoms with E-state index in [2.05, 4.69) is 25.9 Å². The summed E-state index contributed by atoms with van der Waals surface area (Å²) < 4.78 is 0. The number of hydrogen-bond donors (Lipinski definition) is 7. The molecule has 0 aliphatic heterocycles. The van der Waals surface area contributed by atoms with Crippen LogP contribution in [0.5, 0.6) is 0 Å². The molecule has 2 rings (SSSR count). The number of carbonyl (C=O) groups excluding carboxylic acids is 3. The van der Waals surface area contributed by atoms with Gasteiger partial charge in [0.25, 0.3) is 0 Å². The number of aromatic amines is 1. The second-order valence-corrected chi connectivity index (χ2v) is 9.55. The topological polar surface area (TPSA) is 205 Å². The number of imidazole rings is 1. The highest BCUT2D eigenvalue weighted by atomic mass is 16.4. The Bertz CT molecular complexity index is 1030. The number of aliphatic carboxylic acids is 1. The highest BCUT2D eigenvalue weighted by Crippen LogP contribution is 2.09. The van der Waals surface area contributed by atoms with E-state index in [1.165, 1.54) is 6.33 Å². The molecule has 0 fully saturated rings. The summed E-state index contributed by atoms with van der Waals surface area (Å²) in [4.78, 5) is 57.7. The van der Waals surface area contributed by atoms with Gasteiger partial charge in [-0.1, -0.05) is 44.2 Å². The van der Waals surface area contributed by atoms with Crippen LogP contribution in [0.2, 0.25) is 0 Å². The van der Waals surface area contributed by atoms with Crippen LogP contribution in [0, 0.1) is 5.92 Å². The number of amides is 3. The molecule has 0 saturated heterocycles. The molecule has 38 heavy (non-hydrogen) atoms. The lowest BCUT2D eigenvalue weighted by Crippen LogP contribution is -2.59. The van der Waals surface area contributed by atoms with Gasteiger partial charge in [-0.15, -0.1) is 0 Å². The molecule has 4 unspecified atom stereocenters. The summed E-state index contributed by atoms with van der Waals surface area (Å²) >= 11 is 0. The number of nitrogens with one attached hydrogen (secondary N) is 4. The zero-order chi connectivity index (χ0) is 28.1. The van der Waals surface area contributed by atoms with Gasteiger partial charge in [-0.2, -0.15) is 0 Å². The van der Waals surface area contributed by atoms with Gasteiger partial charge in [0.05, 0.1) is 12.4 Å². The average molecular weight is 530 g/mol. The van der Waals surface area contributed by atoms with Crippen LogP contribution in [-0.4, -0.2) is 69.5 Å². The third kappa shape index (κ3) is 9.94. The van der Waals surface area contributed by atoms with Gasteiger partial charge in [-0.3, -0.25) is 14.4 Å². The second kappa shape index (κ2) is 15.5. The van der Waals surface area contributed by atoms with Gasteiger partial charge >= 0.3 is 5.97 Å². The Balaban J connectivity index is 2.14. The van der Waals surface area contributed by atoms with Gasteiger partial charge in [-0.25, -0.2) is 9.78 Å². The Morgan fingerprint density at radius 1 is 0.947 bits per heavy atom. The molecule has 0 aliphatic rings. The molecule has 1 aromatic heterocycles. The number of benzene rings is 1. The van der Waals surface area contributed by atoms with Crippen molar-refractivity contribution in [3.8, 4) is 0 Å². The number of H-pyrrole nitrogens is 1. The molecule has 0 radical (unpaired) electrons. The molecular weight excluding hydrogens is 490 g/mol. The van der Waals surface area contributed by atoms with Gasteiger partial charge < -0.3 is 37.5 Å². The SMILES string of the molecule is CC(C)C(NC(=O)C(Cc1ccccc1)NC(=O)C(N)Cc1cnc[nH]1)C(=O)NC(CCCCN)C(=O)O. The average Bonchev–Trinajstić information content (AvgIpc) is 3.39. The van der Waals surface area contributed by atoms with Crippen LogP contribution in [0.3, 0.4) is 0 Å². The number of carboxylic acid groups (broad SMARTS) is 1. The van der Waals surface area contributed by atoms with Crippen LogP contribution in [0.15, 0.2) is 42.9 Å². The fourth-order valence-corrected chi connectivity index (χ4v) is 3.86. The molecule has 0 saturated carbocycles. The lowest BCUT2D eigenvalue weighted by Gasteiger charge is -2.27. The highest BCUT2D eigenvalue weighted by molar-refractivity contribution is 5.94. The van der Waals surface area contributed by atoms with Gasteiger partial charge in [0.15, 0.2) is 0 Å². The maximum absolute atomic E-state index is 13.4. The van der Waals surface area contributed by atoms with Crippen LogP contribution in [-0.2, 0) is 32.0 Å². The summed E-state index contributed by atoms with van der Waals surface area (Å²) in [5.41, 5.74) is 13.0. The fourth-order valence-electron chi connectivity index (χ4n) is 3.86. The molecule has 9 N–H and O–H groups in total. The van der Waals surface area contributed by atoms with Crippen molar-refractivity contribution in [2.45, 2.75) is 70.1 Å². The Hall–Kier alpha value is -3.77. The Labute approximate surface area is 222 Å². The first-order valence-electron chi connectivity index (χ1n) is 12.7. The smallest absolute Gasteiger partial charge is 0.326 e. The quantitative estimate of drug-likeness (QED) is 0.145. The summed E-state index contributed by atoms with van der Waals surface area (Å²) in [5.74, 6) is -3.25. The number of carbonyl (C=O) groups is 4. The summed E-state index contributed by atoms with van der Waals surface area (Å²) in [6.45, 7) is 3.89. The number of nitrogens with zero attached hydrogens (tertiary/aromatic N) is 1. The summed E-state index contributed by atoms with van der Waals surface area (Å²) in [6.07, 6.45) is 4.80. The highest BCUT2D eigenvalue weighted by Gasteiger charge is 2.32. The summed E-state index contributed by atoms with van der Waals surface area (Å²) in [7, 11) is 0. The lowest BCUT2D eigenvalue weighted by molar-refractivity contribution is -0.142. The van der Waals surface area contributed by atoms with Crippen molar-refractivity contribution >= 4 is 23.7 Å². The van der Waals surface area contributed by atoms with E-state index in [1.807, 2.05) is 30.3 Å². The predicted octanol–water partition coefficient (Wildman–Crippen LogP) is -0.154. The second-order valence-electron chi connectivity index (χ2n) is 9.55. The molecule has 3 amide bonds. The molecule has 208 valence electrons. The molecule has 4 atom stereocenters. The number of nitrogens with two attached hydrogens (primary N) is 2. The predicted molar refractivity (Wildman–Crippen MR) is 142 cm³/mol. The molecule has 2 aromatic rings. The maximum atomic E-state index is 13.4. The van der Waals surface area contributed by atoms with E-state index in [4.69, 9.17) is 11.5 Å². The van der Waals surface area contributed by atoms with Crippen molar-refractivity contribution in [1.29, 1.82) is 0 Å². The van der Waals surface area contributed by atoms with Gasteiger partial charge in [0.1, 0.15) is 18.1 Å². The third-order valence-electron chi connectivity index (χ3n) is 6.06. The lowest BCUT2D eigenvalue weighted by atomic mass is 10.00. The normalized spacial score (nSPS) is 14.2. The van der Waals surface area contributed by atoms with Crippen molar-refractivity contribution in [1.82, 2.24) is 25.9 Å². The molecule has 12 heteroatoms. The van der Waals surface area contributed by atoms with E-state index in [0.29, 0.717) is 25.1 Å². The first-order chi connectivity index (χ1) is 18.1. The largest absolute Gasteiger partial charge is 0.480 e. The molecule has 0 spiro atoms. The molecule has 0 aliphatic carbocycles. The van der Waals surface area contributed by atoms with E-state index >= 15 is 0 Å². The van der Waals surface area contributed by atoms with Crippen LogP contribution in [0.25, 0.3) is 0 Å². The number of rotatable bonds is 16. The number of hydrogen-bond acceptors (Lipinski definition) is 7. The molecular formula is C26H39N7O5. The van der Waals surface area contributed by atoms with Gasteiger partial charge in [-0.05, 0) is 37.3 Å². The minimum atomic E-state index is -1.16. The Morgan fingerprint density at radius 2 is 1.63 bits per heavy atom. The van der Waals surface area contributed by atoms with Crippen molar-refractivity contribution in [3.05, 3.63) is 54.1 Å².